The van der Waals surface area contributed by atoms with Crippen LogP contribution in [-0.2, 0) is 6.54 Å². The maximum atomic E-state index is 11.9. The molecule has 0 spiro atoms. The van der Waals surface area contributed by atoms with Gasteiger partial charge in [-0.1, -0.05) is 11.2 Å². The average molecular weight is 246 g/mol. The number of hydrogen-bond donors (Lipinski definition) is 2. The zero-order chi connectivity index (χ0) is 13.1. The number of carbonyl (C=O) groups is 1. The molecule has 0 saturated carbocycles. The topological polar surface area (TPSA) is 75.4 Å². The van der Waals surface area contributed by atoms with Crippen molar-refractivity contribution in [3.05, 3.63) is 46.8 Å². The first-order valence-electron chi connectivity index (χ1n) is 5.57. The van der Waals surface area contributed by atoms with Crippen molar-refractivity contribution in [3.63, 3.8) is 0 Å². The fourth-order valence-corrected chi connectivity index (χ4v) is 1.64. The highest BCUT2D eigenvalue weighted by atomic mass is 16.5. The van der Waals surface area contributed by atoms with Crippen molar-refractivity contribution < 1.29 is 14.4 Å². The number of nitrogens with one attached hydrogen (secondary N) is 1. The molecule has 0 atom stereocenters. The molecule has 0 saturated heterocycles. The number of benzene rings is 1. The Hall–Kier alpha value is -2.30. The van der Waals surface area contributed by atoms with Crippen LogP contribution >= 0.6 is 0 Å². The van der Waals surface area contributed by atoms with Crippen LogP contribution in [0.2, 0.25) is 0 Å². The lowest BCUT2D eigenvalue weighted by atomic mass is 10.1. The number of amides is 1. The molecule has 5 heteroatoms. The molecule has 0 aliphatic heterocycles. The van der Waals surface area contributed by atoms with Gasteiger partial charge in [0, 0.05) is 17.2 Å². The lowest BCUT2D eigenvalue weighted by Gasteiger charge is -2.07. The van der Waals surface area contributed by atoms with E-state index in [9.17, 15) is 9.90 Å². The van der Waals surface area contributed by atoms with Gasteiger partial charge in [0.05, 0.1) is 6.54 Å². The van der Waals surface area contributed by atoms with E-state index in [2.05, 4.69) is 10.5 Å². The summed E-state index contributed by atoms with van der Waals surface area (Å²) in [6, 6.07) is 6.61. The van der Waals surface area contributed by atoms with Crippen LogP contribution in [0.25, 0.3) is 0 Å². The van der Waals surface area contributed by atoms with Crippen molar-refractivity contribution >= 4 is 5.91 Å². The molecule has 18 heavy (non-hydrogen) atoms. The molecule has 0 unspecified atom stereocenters. The first kappa shape index (κ1) is 12.2. The molecule has 2 aromatic rings. The Morgan fingerprint density at radius 3 is 2.89 bits per heavy atom. The van der Waals surface area contributed by atoms with Gasteiger partial charge in [-0.3, -0.25) is 4.79 Å². The van der Waals surface area contributed by atoms with Gasteiger partial charge in [0.2, 0.25) is 0 Å². The average Bonchev–Trinajstić information content (AvgIpc) is 2.76. The van der Waals surface area contributed by atoms with Gasteiger partial charge in [0.15, 0.2) is 0 Å². The van der Waals surface area contributed by atoms with Gasteiger partial charge in [-0.05, 0) is 26.0 Å². The van der Waals surface area contributed by atoms with Crippen LogP contribution in [0.5, 0.6) is 5.75 Å². The summed E-state index contributed by atoms with van der Waals surface area (Å²) in [5, 5.41) is 16.0. The predicted molar refractivity (Wildman–Crippen MR) is 65.3 cm³/mol. The molecule has 2 N–H and O–H groups in total. The monoisotopic (exact) mass is 246 g/mol. The molecule has 0 bridgehead atoms. The van der Waals surface area contributed by atoms with Gasteiger partial charge in [-0.15, -0.1) is 0 Å². The second-order valence-corrected chi connectivity index (χ2v) is 4.06. The Morgan fingerprint density at radius 2 is 2.22 bits per heavy atom. The molecule has 0 fully saturated rings. The van der Waals surface area contributed by atoms with Gasteiger partial charge in [-0.25, -0.2) is 0 Å². The fourth-order valence-electron chi connectivity index (χ4n) is 1.64. The molecular formula is C13H14N2O3. The number of aryl methyl sites for hydroxylation is 1. The molecule has 2 rings (SSSR count). The van der Waals surface area contributed by atoms with E-state index >= 15 is 0 Å². The molecule has 94 valence electrons. The molecule has 1 aromatic heterocycles. The molecule has 1 aromatic carbocycles. The zero-order valence-corrected chi connectivity index (χ0v) is 10.2. The maximum Gasteiger partial charge on any atom is 0.252 e. The minimum atomic E-state index is -0.246. The van der Waals surface area contributed by atoms with Crippen LogP contribution in [0.3, 0.4) is 0 Å². The third kappa shape index (κ3) is 2.51. The second kappa shape index (κ2) is 4.91. The standard InChI is InChI=1S/C13H14N2O3/c1-8-6-10(15-18-8)7-14-13(17)11-4-3-5-12(16)9(11)2/h3-6,16H,7H2,1-2H3,(H,14,17). The maximum absolute atomic E-state index is 11.9. The summed E-state index contributed by atoms with van der Waals surface area (Å²) in [4.78, 5) is 11.9. The van der Waals surface area contributed by atoms with E-state index in [-0.39, 0.29) is 11.7 Å². The highest BCUT2D eigenvalue weighted by Crippen LogP contribution is 2.19. The summed E-state index contributed by atoms with van der Waals surface area (Å²) in [6.45, 7) is 3.79. The van der Waals surface area contributed by atoms with E-state index in [0.29, 0.717) is 29.1 Å². The Labute approximate surface area is 104 Å². The van der Waals surface area contributed by atoms with Crippen LogP contribution in [0.4, 0.5) is 0 Å². The molecule has 0 aliphatic rings. The smallest absolute Gasteiger partial charge is 0.252 e. The molecule has 0 aliphatic carbocycles. The van der Waals surface area contributed by atoms with Crippen molar-refractivity contribution in [1.29, 1.82) is 0 Å². The van der Waals surface area contributed by atoms with Crippen molar-refractivity contribution in [2.45, 2.75) is 20.4 Å². The van der Waals surface area contributed by atoms with Crippen LogP contribution in [0, 0.1) is 13.8 Å². The van der Waals surface area contributed by atoms with E-state index in [1.165, 1.54) is 0 Å². The normalized spacial score (nSPS) is 10.3. The quantitative estimate of drug-likeness (QED) is 0.867. The summed E-state index contributed by atoms with van der Waals surface area (Å²) in [5.41, 5.74) is 1.68. The molecule has 1 heterocycles. The van der Waals surface area contributed by atoms with Gasteiger partial charge >= 0.3 is 0 Å². The van der Waals surface area contributed by atoms with E-state index in [1.54, 1.807) is 38.1 Å². The van der Waals surface area contributed by atoms with Crippen LogP contribution < -0.4 is 5.32 Å². The van der Waals surface area contributed by atoms with E-state index in [0.717, 1.165) is 0 Å². The molecular weight excluding hydrogens is 232 g/mol. The summed E-state index contributed by atoms with van der Waals surface area (Å²) in [5.74, 6) is 0.566. The van der Waals surface area contributed by atoms with Crippen LogP contribution in [0.1, 0.15) is 27.4 Å². The third-order valence-electron chi connectivity index (χ3n) is 2.66. The first-order valence-corrected chi connectivity index (χ1v) is 5.57. The Kier molecular flexibility index (Phi) is 3.32. The molecule has 1 amide bonds. The fraction of sp³-hybridized carbons (Fsp3) is 0.231. The lowest BCUT2D eigenvalue weighted by Crippen LogP contribution is -2.23. The number of phenolic OH excluding ortho intramolecular Hbond substituents is 1. The van der Waals surface area contributed by atoms with Crippen LogP contribution in [-0.4, -0.2) is 16.2 Å². The Bertz CT molecular complexity index is 575. The van der Waals surface area contributed by atoms with Gasteiger partial charge < -0.3 is 14.9 Å². The van der Waals surface area contributed by atoms with E-state index in [1.807, 2.05) is 0 Å². The number of aromatic nitrogens is 1. The summed E-state index contributed by atoms with van der Waals surface area (Å²) in [7, 11) is 0. The number of rotatable bonds is 3. The van der Waals surface area contributed by atoms with Crippen molar-refractivity contribution in [1.82, 2.24) is 10.5 Å². The number of carbonyl (C=O) groups excluding carboxylic acids is 1. The number of hydrogen-bond acceptors (Lipinski definition) is 4. The highest BCUT2D eigenvalue weighted by molar-refractivity contribution is 5.96. The van der Waals surface area contributed by atoms with Crippen molar-refractivity contribution in [2.75, 3.05) is 0 Å². The molecule has 0 radical (unpaired) electrons. The van der Waals surface area contributed by atoms with E-state index < -0.39 is 0 Å². The zero-order valence-electron chi connectivity index (χ0n) is 10.2. The largest absolute Gasteiger partial charge is 0.508 e. The van der Waals surface area contributed by atoms with Crippen molar-refractivity contribution in [3.8, 4) is 5.75 Å². The highest BCUT2D eigenvalue weighted by Gasteiger charge is 2.11. The number of phenols is 1. The van der Waals surface area contributed by atoms with Crippen LogP contribution in [0.15, 0.2) is 28.8 Å². The summed E-state index contributed by atoms with van der Waals surface area (Å²) >= 11 is 0. The van der Waals surface area contributed by atoms with Gasteiger partial charge in [-0.2, -0.15) is 0 Å². The van der Waals surface area contributed by atoms with Gasteiger partial charge in [0.1, 0.15) is 17.2 Å². The SMILES string of the molecule is Cc1cc(CNC(=O)c2cccc(O)c2C)no1. The second-order valence-electron chi connectivity index (χ2n) is 4.06. The van der Waals surface area contributed by atoms with Gasteiger partial charge in [0.25, 0.3) is 5.91 Å². The summed E-state index contributed by atoms with van der Waals surface area (Å²) in [6.07, 6.45) is 0. The Balaban J connectivity index is 2.06. The lowest BCUT2D eigenvalue weighted by molar-refractivity contribution is 0.0949. The predicted octanol–water partition coefficient (Wildman–Crippen LogP) is 1.93. The third-order valence-corrected chi connectivity index (χ3v) is 2.66. The minimum absolute atomic E-state index is 0.111. The number of aromatic hydroxyl groups is 1. The van der Waals surface area contributed by atoms with E-state index in [4.69, 9.17) is 4.52 Å². The summed E-state index contributed by atoms with van der Waals surface area (Å²) < 4.78 is 4.90. The molecule has 5 nitrogen and oxygen atoms in total. The van der Waals surface area contributed by atoms with Crippen molar-refractivity contribution in [2.24, 2.45) is 0 Å². The number of nitrogens with zero attached hydrogens (tertiary/aromatic N) is 1. The first-order chi connectivity index (χ1) is 8.58. The Morgan fingerprint density at radius 1 is 1.44 bits per heavy atom. The minimum Gasteiger partial charge on any atom is -0.508 e.